The molecule has 0 aromatic rings. The van der Waals surface area contributed by atoms with E-state index in [1.807, 2.05) is 6.92 Å². The second-order valence-corrected chi connectivity index (χ2v) is 2.30. The summed E-state index contributed by atoms with van der Waals surface area (Å²) in [4.78, 5) is 0. The van der Waals surface area contributed by atoms with Crippen molar-refractivity contribution in [2.75, 3.05) is 13.6 Å². The van der Waals surface area contributed by atoms with Gasteiger partial charge in [-0.05, 0) is 19.1 Å². The maximum Gasteiger partial charge on any atom is 0.166 e. The van der Waals surface area contributed by atoms with Crippen LogP contribution in [0.15, 0.2) is 12.2 Å². The van der Waals surface area contributed by atoms with E-state index in [2.05, 4.69) is 17.2 Å². The highest BCUT2D eigenvalue weighted by molar-refractivity contribution is 7.80. The Hall–Kier alpha value is -0.570. The van der Waals surface area contributed by atoms with E-state index in [1.54, 1.807) is 7.05 Å². The fourth-order valence-corrected chi connectivity index (χ4v) is 0.392. The van der Waals surface area contributed by atoms with Crippen LogP contribution in [-0.4, -0.2) is 18.7 Å². The molecule has 3 heteroatoms. The third kappa shape index (κ3) is 5.30. The number of thiocarbonyl (C=S) groups is 1. The molecule has 0 aliphatic carbocycles. The van der Waals surface area contributed by atoms with Crippen LogP contribution in [0, 0.1) is 0 Å². The Bertz CT molecular complexity index is 120. The first-order valence-electron chi connectivity index (χ1n) is 2.76. The zero-order valence-electron chi connectivity index (χ0n) is 5.82. The average molecular weight is 144 g/mol. The van der Waals surface area contributed by atoms with Gasteiger partial charge in [-0.1, -0.05) is 12.2 Å². The summed E-state index contributed by atoms with van der Waals surface area (Å²) in [6.45, 7) is 6.41. The Morgan fingerprint density at radius 1 is 1.67 bits per heavy atom. The largest absolute Gasteiger partial charge is 0.366 e. The maximum atomic E-state index is 4.81. The van der Waals surface area contributed by atoms with Crippen molar-refractivity contribution in [1.82, 2.24) is 10.6 Å². The highest BCUT2D eigenvalue weighted by Crippen LogP contribution is 1.80. The molecule has 0 spiro atoms. The lowest BCUT2D eigenvalue weighted by Gasteiger charge is -2.04. The minimum atomic E-state index is 0.665. The van der Waals surface area contributed by atoms with Gasteiger partial charge in [0, 0.05) is 13.6 Å². The molecule has 0 aliphatic rings. The smallest absolute Gasteiger partial charge is 0.166 e. The molecule has 0 aromatic heterocycles. The van der Waals surface area contributed by atoms with Crippen LogP contribution in [0.2, 0.25) is 0 Å². The first-order valence-corrected chi connectivity index (χ1v) is 3.17. The predicted molar refractivity (Wildman–Crippen MR) is 44.5 cm³/mol. The van der Waals surface area contributed by atoms with Gasteiger partial charge in [-0.25, -0.2) is 0 Å². The van der Waals surface area contributed by atoms with Gasteiger partial charge in [0.1, 0.15) is 0 Å². The zero-order valence-corrected chi connectivity index (χ0v) is 6.64. The van der Waals surface area contributed by atoms with Gasteiger partial charge >= 0.3 is 0 Å². The lowest BCUT2D eigenvalue weighted by Crippen LogP contribution is -2.33. The summed E-state index contributed by atoms with van der Waals surface area (Å²) >= 11 is 4.81. The Labute approximate surface area is 61.3 Å². The molecule has 0 saturated carbocycles. The number of hydrogen-bond donors (Lipinski definition) is 2. The van der Waals surface area contributed by atoms with Gasteiger partial charge in [0.2, 0.25) is 0 Å². The van der Waals surface area contributed by atoms with Crippen molar-refractivity contribution in [3.8, 4) is 0 Å². The zero-order chi connectivity index (χ0) is 7.28. The Kier molecular flexibility index (Phi) is 4.05. The highest BCUT2D eigenvalue weighted by atomic mass is 32.1. The van der Waals surface area contributed by atoms with Crippen molar-refractivity contribution < 1.29 is 0 Å². The lowest BCUT2D eigenvalue weighted by molar-refractivity contribution is 0.952. The second-order valence-electron chi connectivity index (χ2n) is 1.89. The van der Waals surface area contributed by atoms with Crippen molar-refractivity contribution in [2.45, 2.75) is 6.92 Å². The summed E-state index contributed by atoms with van der Waals surface area (Å²) in [6.07, 6.45) is 0. The summed E-state index contributed by atoms with van der Waals surface area (Å²) < 4.78 is 0. The monoisotopic (exact) mass is 144 g/mol. The molecule has 2 N–H and O–H groups in total. The third-order valence-corrected chi connectivity index (χ3v) is 1.13. The van der Waals surface area contributed by atoms with Gasteiger partial charge in [-0.15, -0.1) is 0 Å². The molecule has 2 nitrogen and oxygen atoms in total. The number of hydrogen-bond acceptors (Lipinski definition) is 1. The summed E-state index contributed by atoms with van der Waals surface area (Å²) in [5.41, 5.74) is 1.08. The van der Waals surface area contributed by atoms with Gasteiger partial charge in [0.25, 0.3) is 0 Å². The lowest BCUT2D eigenvalue weighted by atomic mass is 10.4. The first kappa shape index (κ1) is 8.43. The number of rotatable bonds is 2. The van der Waals surface area contributed by atoms with Crippen molar-refractivity contribution in [3.63, 3.8) is 0 Å². The fraction of sp³-hybridized carbons (Fsp3) is 0.500. The van der Waals surface area contributed by atoms with Gasteiger partial charge < -0.3 is 10.6 Å². The molecule has 9 heavy (non-hydrogen) atoms. The van der Waals surface area contributed by atoms with E-state index in [-0.39, 0.29) is 0 Å². The van der Waals surface area contributed by atoms with Crippen molar-refractivity contribution in [3.05, 3.63) is 12.2 Å². The van der Waals surface area contributed by atoms with Crippen LogP contribution in [0.3, 0.4) is 0 Å². The summed E-state index contributed by atoms with van der Waals surface area (Å²) in [5.74, 6) is 0. The fourth-order valence-electron chi connectivity index (χ4n) is 0.320. The van der Waals surface area contributed by atoms with E-state index in [0.29, 0.717) is 5.11 Å². The van der Waals surface area contributed by atoms with Gasteiger partial charge in [0.15, 0.2) is 5.11 Å². The first-order chi connectivity index (χ1) is 4.16. The molecule has 0 radical (unpaired) electrons. The van der Waals surface area contributed by atoms with E-state index in [4.69, 9.17) is 12.2 Å². The molecule has 0 bridgehead atoms. The summed E-state index contributed by atoms with van der Waals surface area (Å²) in [5, 5.41) is 6.42. The predicted octanol–water partition coefficient (Wildman–Crippen LogP) is 0.656. The Morgan fingerprint density at radius 2 is 2.22 bits per heavy atom. The van der Waals surface area contributed by atoms with Crippen molar-refractivity contribution in [1.29, 1.82) is 0 Å². The molecular weight excluding hydrogens is 132 g/mol. The van der Waals surface area contributed by atoms with E-state index >= 15 is 0 Å². The number of nitrogens with one attached hydrogen (secondary N) is 2. The topological polar surface area (TPSA) is 24.1 Å². The van der Waals surface area contributed by atoms with Crippen LogP contribution in [0.25, 0.3) is 0 Å². The quantitative estimate of drug-likeness (QED) is 0.440. The van der Waals surface area contributed by atoms with E-state index in [9.17, 15) is 0 Å². The molecule has 0 aliphatic heterocycles. The minimum absolute atomic E-state index is 0.665. The molecule has 0 heterocycles. The van der Waals surface area contributed by atoms with E-state index < -0.39 is 0 Å². The molecule has 0 aromatic carbocycles. The molecule has 52 valence electrons. The Balaban J connectivity index is 3.28. The van der Waals surface area contributed by atoms with Crippen LogP contribution in [0.1, 0.15) is 6.92 Å². The molecule has 0 saturated heterocycles. The van der Waals surface area contributed by atoms with Crippen molar-refractivity contribution in [2.24, 2.45) is 0 Å². The normalized spacial score (nSPS) is 8.22. The van der Waals surface area contributed by atoms with Gasteiger partial charge in [-0.3, -0.25) is 0 Å². The van der Waals surface area contributed by atoms with Crippen LogP contribution < -0.4 is 10.6 Å². The minimum Gasteiger partial charge on any atom is -0.366 e. The standard InChI is InChI=1S/C6H12N2S/c1-5(2)4-8-6(9)7-3/h1,4H2,2-3H3,(H2,7,8,9). The second kappa shape index (κ2) is 4.32. The van der Waals surface area contributed by atoms with Crippen molar-refractivity contribution >= 4 is 17.3 Å². The molecule has 0 amide bonds. The van der Waals surface area contributed by atoms with Crippen LogP contribution in [-0.2, 0) is 0 Å². The van der Waals surface area contributed by atoms with Crippen LogP contribution >= 0.6 is 12.2 Å². The average Bonchev–Trinajstić information content (AvgIpc) is 1.83. The molecule has 0 fully saturated rings. The Morgan fingerprint density at radius 3 is 2.56 bits per heavy atom. The van der Waals surface area contributed by atoms with E-state index in [1.165, 1.54) is 0 Å². The molecule has 0 atom stereocenters. The molecular formula is C6H12N2S. The third-order valence-electron chi connectivity index (χ3n) is 0.778. The molecule has 0 rings (SSSR count). The van der Waals surface area contributed by atoms with Gasteiger partial charge in [-0.2, -0.15) is 0 Å². The van der Waals surface area contributed by atoms with Crippen LogP contribution in [0.4, 0.5) is 0 Å². The molecule has 0 unspecified atom stereocenters. The van der Waals surface area contributed by atoms with Gasteiger partial charge in [0.05, 0.1) is 0 Å². The van der Waals surface area contributed by atoms with E-state index in [0.717, 1.165) is 12.1 Å². The maximum absolute atomic E-state index is 4.81. The van der Waals surface area contributed by atoms with Crippen LogP contribution in [0.5, 0.6) is 0 Å². The SMILES string of the molecule is C=C(C)CNC(=S)NC. The summed E-state index contributed by atoms with van der Waals surface area (Å²) in [6, 6.07) is 0. The summed E-state index contributed by atoms with van der Waals surface area (Å²) in [7, 11) is 1.79. The highest BCUT2D eigenvalue weighted by Gasteiger charge is 1.87.